The number of halogens is 2. The van der Waals surface area contributed by atoms with Crippen molar-refractivity contribution in [1.29, 1.82) is 0 Å². The molecule has 0 bridgehead atoms. The third-order valence-corrected chi connectivity index (χ3v) is 2.70. The Morgan fingerprint density at radius 3 is 2.67 bits per heavy atom. The van der Waals surface area contributed by atoms with Gasteiger partial charge in [0.15, 0.2) is 0 Å². The Hall–Kier alpha value is -0.180. The smallest absolute Gasteiger partial charge is 0.118 e. The molecule has 0 spiro atoms. The van der Waals surface area contributed by atoms with E-state index in [1.54, 1.807) is 0 Å². The molecule has 0 aromatic carbocycles. The van der Waals surface area contributed by atoms with E-state index in [-0.39, 0.29) is 12.5 Å². The van der Waals surface area contributed by atoms with Gasteiger partial charge in [0.1, 0.15) is 12.3 Å². The maximum atomic E-state index is 13.2. The Labute approximate surface area is 72.5 Å². The van der Waals surface area contributed by atoms with Gasteiger partial charge in [0, 0.05) is 19.0 Å². The predicted molar refractivity (Wildman–Crippen MR) is 45.7 cm³/mol. The van der Waals surface area contributed by atoms with Gasteiger partial charge in [-0.1, -0.05) is 20.3 Å². The van der Waals surface area contributed by atoms with Gasteiger partial charge in [-0.3, -0.25) is 0 Å². The molecule has 0 aliphatic carbocycles. The molecule has 1 nitrogen and oxygen atoms in total. The quantitative estimate of drug-likeness (QED) is 0.681. The second kappa shape index (κ2) is 4.17. The minimum atomic E-state index is -1.01. The summed E-state index contributed by atoms with van der Waals surface area (Å²) in [6, 6.07) is -0.137. The summed E-state index contributed by atoms with van der Waals surface area (Å²) in [6.45, 7) is 4.35. The average molecular weight is 177 g/mol. The molecule has 0 radical (unpaired) electrons. The number of hydrogen-bond acceptors (Lipinski definition) is 1. The van der Waals surface area contributed by atoms with Gasteiger partial charge in [-0.2, -0.15) is 0 Å². The van der Waals surface area contributed by atoms with E-state index in [4.69, 9.17) is 0 Å². The van der Waals surface area contributed by atoms with E-state index in [0.717, 1.165) is 6.42 Å². The second-order valence-corrected chi connectivity index (χ2v) is 3.67. The highest BCUT2D eigenvalue weighted by atomic mass is 19.1. The lowest BCUT2D eigenvalue weighted by atomic mass is 9.90. The molecule has 0 saturated carbocycles. The Morgan fingerprint density at radius 1 is 1.50 bits per heavy atom. The van der Waals surface area contributed by atoms with E-state index in [2.05, 4.69) is 5.32 Å². The molecular formula is C9H17F2N. The number of alkyl halides is 2. The zero-order valence-electron chi connectivity index (χ0n) is 7.69. The van der Waals surface area contributed by atoms with Crippen molar-refractivity contribution in [3.63, 3.8) is 0 Å². The largest absolute Gasteiger partial charge is 0.308 e. The van der Waals surface area contributed by atoms with E-state index >= 15 is 0 Å². The van der Waals surface area contributed by atoms with Crippen molar-refractivity contribution < 1.29 is 8.78 Å². The first-order valence-electron chi connectivity index (χ1n) is 4.66. The minimum absolute atomic E-state index is 0.0714. The maximum Gasteiger partial charge on any atom is 0.118 e. The molecule has 1 aliphatic rings. The monoisotopic (exact) mass is 177 g/mol. The SMILES string of the molecule is CCC(C)C1NCC(F)CC1F. The highest BCUT2D eigenvalue weighted by Gasteiger charge is 2.32. The molecule has 0 amide bonds. The molecule has 0 aromatic rings. The predicted octanol–water partition coefficient (Wildman–Crippen LogP) is 2.07. The lowest BCUT2D eigenvalue weighted by molar-refractivity contribution is 0.102. The van der Waals surface area contributed by atoms with Crippen LogP contribution in [0.15, 0.2) is 0 Å². The minimum Gasteiger partial charge on any atom is -0.308 e. The summed E-state index contributed by atoms with van der Waals surface area (Å²) >= 11 is 0. The molecule has 1 N–H and O–H groups in total. The normalized spacial score (nSPS) is 39.5. The van der Waals surface area contributed by atoms with Gasteiger partial charge in [0.25, 0.3) is 0 Å². The van der Waals surface area contributed by atoms with Crippen LogP contribution in [0.5, 0.6) is 0 Å². The Morgan fingerprint density at radius 2 is 2.17 bits per heavy atom. The van der Waals surface area contributed by atoms with Crippen molar-refractivity contribution in [2.75, 3.05) is 6.54 Å². The van der Waals surface area contributed by atoms with Crippen LogP contribution in [0.1, 0.15) is 26.7 Å². The molecule has 1 rings (SSSR count). The molecule has 12 heavy (non-hydrogen) atoms. The summed E-state index contributed by atoms with van der Waals surface area (Å²) in [5.74, 6) is 0.299. The van der Waals surface area contributed by atoms with Crippen molar-refractivity contribution in [2.24, 2.45) is 5.92 Å². The summed E-state index contributed by atoms with van der Waals surface area (Å²) < 4.78 is 25.9. The number of nitrogens with one attached hydrogen (secondary N) is 1. The van der Waals surface area contributed by atoms with Crippen LogP contribution >= 0.6 is 0 Å². The van der Waals surface area contributed by atoms with Crippen LogP contribution in [0.2, 0.25) is 0 Å². The van der Waals surface area contributed by atoms with Crippen molar-refractivity contribution in [1.82, 2.24) is 5.32 Å². The number of hydrogen-bond donors (Lipinski definition) is 1. The van der Waals surface area contributed by atoms with Gasteiger partial charge in [0.2, 0.25) is 0 Å². The Balaban J connectivity index is 2.44. The molecule has 1 fully saturated rings. The molecular weight excluding hydrogens is 160 g/mol. The van der Waals surface area contributed by atoms with Gasteiger partial charge in [-0.25, -0.2) is 8.78 Å². The summed E-state index contributed by atoms with van der Waals surface area (Å²) in [4.78, 5) is 0. The average Bonchev–Trinajstić information content (AvgIpc) is 2.03. The number of rotatable bonds is 2. The van der Waals surface area contributed by atoms with Crippen LogP contribution in [-0.2, 0) is 0 Å². The fraction of sp³-hybridized carbons (Fsp3) is 1.00. The molecule has 1 heterocycles. The maximum absolute atomic E-state index is 13.2. The fourth-order valence-electron chi connectivity index (χ4n) is 1.68. The molecule has 4 unspecified atom stereocenters. The van der Waals surface area contributed by atoms with Crippen molar-refractivity contribution >= 4 is 0 Å². The first kappa shape index (κ1) is 9.90. The first-order chi connectivity index (χ1) is 5.65. The highest BCUT2D eigenvalue weighted by molar-refractivity contribution is 4.88. The Kier molecular flexibility index (Phi) is 3.44. The van der Waals surface area contributed by atoms with Gasteiger partial charge >= 0.3 is 0 Å². The zero-order valence-corrected chi connectivity index (χ0v) is 7.69. The van der Waals surface area contributed by atoms with Gasteiger partial charge in [0.05, 0.1) is 0 Å². The van der Waals surface area contributed by atoms with Crippen LogP contribution in [0.4, 0.5) is 8.78 Å². The molecule has 72 valence electrons. The topological polar surface area (TPSA) is 12.0 Å². The van der Waals surface area contributed by atoms with Gasteiger partial charge < -0.3 is 5.32 Å². The summed E-state index contributed by atoms with van der Waals surface area (Å²) in [5.41, 5.74) is 0. The highest BCUT2D eigenvalue weighted by Crippen LogP contribution is 2.22. The summed E-state index contributed by atoms with van der Waals surface area (Å²) in [5, 5.41) is 2.92. The standard InChI is InChI=1S/C9H17F2N/c1-3-6(2)9-8(11)4-7(10)5-12-9/h6-9,12H,3-5H2,1-2H3. The number of piperidine rings is 1. The molecule has 4 atom stereocenters. The third kappa shape index (κ3) is 2.16. The second-order valence-electron chi connectivity index (χ2n) is 3.67. The molecule has 1 aliphatic heterocycles. The zero-order chi connectivity index (χ0) is 9.14. The van der Waals surface area contributed by atoms with Crippen LogP contribution < -0.4 is 5.32 Å². The summed E-state index contributed by atoms with van der Waals surface area (Å²) in [6.07, 6.45) is -0.999. The van der Waals surface area contributed by atoms with E-state index in [9.17, 15) is 8.78 Å². The fourth-order valence-corrected chi connectivity index (χ4v) is 1.68. The van der Waals surface area contributed by atoms with E-state index < -0.39 is 12.3 Å². The molecule has 0 aromatic heterocycles. The van der Waals surface area contributed by atoms with E-state index in [0.29, 0.717) is 12.5 Å². The Bertz CT molecular complexity index is 140. The van der Waals surface area contributed by atoms with Crippen LogP contribution in [-0.4, -0.2) is 24.9 Å². The van der Waals surface area contributed by atoms with E-state index in [1.165, 1.54) is 0 Å². The van der Waals surface area contributed by atoms with Crippen LogP contribution in [0, 0.1) is 5.92 Å². The first-order valence-corrected chi connectivity index (χ1v) is 4.66. The van der Waals surface area contributed by atoms with Crippen molar-refractivity contribution in [2.45, 2.75) is 45.1 Å². The van der Waals surface area contributed by atoms with Gasteiger partial charge in [-0.05, 0) is 5.92 Å². The lowest BCUT2D eigenvalue weighted by Crippen LogP contribution is -2.50. The van der Waals surface area contributed by atoms with Crippen molar-refractivity contribution in [3.05, 3.63) is 0 Å². The van der Waals surface area contributed by atoms with Crippen LogP contribution in [0.25, 0.3) is 0 Å². The molecule has 1 saturated heterocycles. The summed E-state index contributed by atoms with van der Waals surface area (Å²) in [7, 11) is 0. The van der Waals surface area contributed by atoms with Gasteiger partial charge in [-0.15, -0.1) is 0 Å². The van der Waals surface area contributed by atoms with E-state index in [1.807, 2.05) is 13.8 Å². The molecule has 3 heteroatoms. The third-order valence-electron chi connectivity index (χ3n) is 2.70. The lowest BCUT2D eigenvalue weighted by Gasteiger charge is -2.33. The van der Waals surface area contributed by atoms with Crippen LogP contribution in [0.3, 0.4) is 0 Å². The van der Waals surface area contributed by atoms with Crippen molar-refractivity contribution in [3.8, 4) is 0 Å².